The molecule has 0 spiro atoms. The predicted octanol–water partition coefficient (Wildman–Crippen LogP) is 1.74. The first-order chi connectivity index (χ1) is 13.5. The first-order valence-electron chi connectivity index (χ1n) is 8.83. The number of ether oxygens (including phenoxy) is 1. The Kier molecular flexibility index (Phi) is 6.53. The number of nitrogens with zero attached hydrogens (tertiary/aromatic N) is 1. The van der Waals surface area contributed by atoms with Crippen molar-refractivity contribution in [2.24, 2.45) is 0 Å². The van der Waals surface area contributed by atoms with Crippen LogP contribution in [0.25, 0.3) is 0 Å². The van der Waals surface area contributed by atoms with Crippen molar-refractivity contribution in [2.45, 2.75) is 24.3 Å². The van der Waals surface area contributed by atoms with Gasteiger partial charge in [0.2, 0.25) is 5.91 Å². The van der Waals surface area contributed by atoms with Gasteiger partial charge < -0.3 is 9.64 Å². The molecule has 148 valence electrons. The van der Waals surface area contributed by atoms with Gasteiger partial charge in [-0.15, -0.1) is 0 Å². The van der Waals surface area contributed by atoms with Crippen LogP contribution in [0.1, 0.15) is 16.7 Å². The maximum Gasteiger partial charge on any atom is 0.309 e. The highest BCUT2D eigenvalue weighted by molar-refractivity contribution is 7.83. The highest BCUT2D eigenvalue weighted by Crippen LogP contribution is 2.23. The fourth-order valence-electron chi connectivity index (χ4n) is 3.18. The minimum absolute atomic E-state index is 0.0822. The molecule has 8 heteroatoms. The number of nitrogens with one attached hydrogen (secondary N) is 1. The van der Waals surface area contributed by atoms with Gasteiger partial charge in [-0.1, -0.05) is 18.2 Å². The summed E-state index contributed by atoms with van der Waals surface area (Å²) >= 11 is 0. The van der Waals surface area contributed by atoms with Crippen molar-refractivity contribution in [1.29, 1.82) is 0 Å². The van der Waals surface area contributed by atoms with Crippen LogP contribution in [-0.4, -0.2) is 41.2 Å². The van der Waals surface area contributed by atoms with E-state index in [2.05, 4.69) is 4.72 Å². The topological polar surface area (TPSA) is 75.7 Å². The van der Waals surface area contributed by atoms with Crippen LogP contribution < -0.4 is 4.72 Å². The second-order valence-corrected chi connectivity index (χ2v) is 7.71. The van der Waals surface area contributed by atoms with Crippen molar-refractivity contribution in [3.05, 3.63) is 65.0 Å². The molecule has 6 nitrogen and oxygen atoms in total. The Bertz CT molecular complexity index is 902. The number of rotatable bonds is 6. The molecule has 0 saturated heterocycles. The molecule has 0 saturated carbocycles. The van der Waals surface area contributed by atoms with Crippen molar-refractivity contribution < 1.29 is 22.9 Å². The van der Waals surface area contributed by atoms with E-state index in [-0.39, 0.29) is 24.8 Å². The summed E-state index contributed by atoms with van der Waals surface area (Å²) in [5, 5.41) is 0. The number of hydrogen-bond donors (Lipinski definition) is 1. The number of halogens is 1. The monoisotopic (exact) mass is 404 g/mol. The molecule has 1 unspecified atom stereocenters. The molecular formula is C20H21FN2O4S. The van der Waals surface area contributed by atoms with E-state index in [0.717, 1.165) is 16.7 Å². The average molecular weight is 404 g/mol. The smallest absolute Gasteiger partial charge is 0.309 e. The summed E-state index contributed by atoms with van der Waals surface area (Å²) in [6.45, 7) is 0.879. The predicted molar refractivity (Wildman–Crippen MR) is 102 cm³/mol. The van der Waals surface area contributed by atoms with Crippen LogP contribution in [0.4, 0.5) is 4.39 Å². The Morgan fingerprint density at radius 2 is 1.96 bits per heavy atom. The molecular weight excluding hydrogens is 383 g/mol. The lowest BCUT2D eigenvalue weighted by molar-refractivity contribution is -0.139. The zero-order valence-electron chi connectivity index (χ0n) is 15.4. The summed E-state index contributed by atoms with van der Waals surface area (Å²) in [6.07, 6.45) is 0.862. The fourth-order valence-corrected chi connectivity index (χ4v) is 3.98. The zero-order chi connectivity index (χ0) is 20.1. The second-order valence-electron chi connectivity index (χ2n) is 6.42. The highest BCUT2D eigenvalue weighted by Gasteiger charge is 2.23. The van der Waals surface area contributed by atoms with Crippen LogP contribution in [0, 0.1) is 5.82 Å². The summed E-state index contributed by atoms with van der Waals surface area (Å²) in [7, 11) is -0.227. The van der Waals surface area contributed by atoms with Crippen LogP contribution in [0.2, 0.25) is 0 Å². The molecule has 0 bridgehead atoms. The van der Waals surface area contributed by atoms with Gasteiger partial charge in [-0.25, -0.2) is 13.3 Å². The zero-order valence-corrected chi connectivity index (χ0v) is 16.3. The summed E-state index contributed by atoms with van der Waals surface area (Å²) in [4.78, 5) is 26.2. The third kappa shape index (κ3) is 4.82. The number of esters is 1. The van der Waals surface area contributed by atoms with E-state index in [1.165, 1.54) is 31.4 Å². The summed E-state index contributed by atoms with van der Waals surface area (Å²) < 4.78 is 32.5. The number of benzene rings is 2. The number of carbonyl (C=O) groups excluding carboxylic acids is 2. The van der Waals surface area contributed by atoms with E-state index < -0.39 is 16.8 Å². The van der Waals surface area contributed by atoms with E-state index in [0.29, 0.717) is 24.4 Å². The molecule has 2 aromatic carbocycles. The molecule has 2 aromatic rings. The Hall–Kier alpha value is -2.58. The number of amides is 1. The summed E-state index contributed by atoms with van der Waals surface area (Å²) in [6, 6.07) is 11.0. The van der Waals surface area contributed by atoms with Crippen LogP contribution in [-0.2, 0) is 44.7 Å². The van der Waals surface area contributed by atoms with Crippen molar-refractivity contribution in [2.75, 3.05) is 20.2 Å². The molecule has 28 heavy (non-hydrogen) atoms. The van der Waals surface area contributed by atoms with E-state index in [9.17, 15) is 18.2 Å². The minimum atomic E-state index is -1.59. The van der Waals surface area contributed by atoms with Crippen LogP contribution in [0.5, 0.6) is 0 Å². The van der Waals surface area contributed by atoms with Crippen molar-refractivity contribution >= 4 is 22.9 Å². The molecule has 0 aromatic heterocycles. The second kappa shape index (κ2) is 9.07. The van der Waals surface area contributed by atoms with Crippen LogP contribution in [0.3, 0.4) is 0 Å². The molecule has 1 atom stereocenters. The molecule has 0 fully saturated rings. The third-order valence-corrected chi connectivity index (χ3v) is 5.77. The number of carbonyl (C=O) groups is 2. The Balaban J connectivity index is 1.60. The van der Waals surface area contributed by atoms with Gasteiger partial charge >= 0.3 is 5.97 Å². The van der Waals surface area contributed by atoms with Crippen molar-refractivity contribution in [3.63, 3.8) is 0 Å². The lowest BCUT2D eigenvalue weighted by Gasteiger charge is -2.30. The molecule has 1 heterocycles. The Labute approximate surface area is 165 Å². The van der Waals surface area contributed by atoms with Crippen LogP contribution in [0.15, 0.2) is 47.4 Å². The molecule has 1 amide bonds. The molecule has 3 rings (SSSR count). The van der Waals surface area contributed by atoms with E-state index >= 15 is 0 Å². The third-order valence-electron chi connectivity index (χ3n) is 4.66. The van der Waals surface area contributed by atoms with Gasteiger partial charge in [0.25, 0.3) is 0 Å². The van der Waals surface area contributed by atoms with Gasteiger partial charge in [0, 0.05) is 13.1 Å². The lowest BCUT2D eigenvalue weighted by atomic mass is 9.93. The average Bonchev–Trinajstić information content (AvgIpc) is 2.72. The summed E-state index contributed by atoms with van der Waals surface area (Å²) in [5.41, 5.74) is 3.01. The minimum Gasteiger partial charge on any atom is -0.469 e. The van der Waals surface area contributed by atoms with E-state index in [4.69, 9.17) is 4.74 Å². The van der Waals surface area contributed by atoms with E-state index in [1.54, 1.807) is 4.90 Å². The Morgan fingerprint density at radius 1 is 1.21 bits per heavy atom. The quantitative estimate of drug-likeness (QED) is 0.745. The van der Waals surface area contributed by atoms with Gasteiger partial charge in [-0.3, -0.25) is 9.59 Å². The largest absolute Gasteiger partial charge is 0.469 e. The first kappa shape index (κ1) is 20.2. The maximum absolute atomic E-state index is 12.9. The van der Waals surface area contributed by atoms with Gasteiger partial charge in [-0.05, 0) is 47.4 Å². The first-order valence-corrected chi connectivity index (χ1v) is 9.98. The van der Waals surface area contributed by atoms with Gasteiger partial charge in [0.15, 0.2) is 0 Å². The normalized spacial score (nSPS) is 14.3. The molecule has 1 N–H and O–H groups in total. The number of hydrogen-bond acceptors (Lipinski definition) is 4. The number of fused-ring (bicyclic) bond motifs is 1. The number of methoxy groups -OCH3 is 1. The molecule has 1 aliphatic rings. The van der Waals surface area contributed by atoms with Gasteiger partial charge in [0.05, 0.1) is 25.0 Å². The SMILES string of the molecule is COC(=O)Cc1cccc2c1CCN(C(=O)CNS(=O)c1ccc(F)cc1)C2. The van der Waals surface area contributed by atoms with E-state index in [1.807, 2.05) is 18.2 Å². The van der Waals surface area contributed by atoms with Gasteiger partial charge in [-0.2, -0.15) is 0 Å². The van der Waals surface area contributed by atoms with Crippen molar-refractivity contribution in [1.82, 2.24) is 9.62 Å². The maximum atomic E-state index is 12.9. The lowest BCUT2D eigenvalue weighted by Crippen LogP contribution is -2.41. The summed E-state index contributed by atoms with van der Waals surface area (Å²) in [5.74, 6) is -0.866. The van der Waals surface area contributed by atoms with Gasteiger partial charge in [0.1, 0.15) is 16.8 Å². The highest BCUT2D eigenvalue weighted by atomic mass is 32.2. The molecule has 0 aliphatic carbocycles. The van der Waals surface area contributed by atoms with Crippen LogP contribution >= 0.6 is 0 Å². The Morgan fingerprint density at radius 3 is 2.68 bits per heavy atom. The van der Waals surface area contributed by atoms with Crippen molar-refractivity contribution in [3.8, 4) is 0 Å². The molecule has 0 radical (unpaired) electrons. The molecule has 1 aliphatic heterocycles. The standard InChI is InChI=1S/C20H21FN2O4S/c1-27-20(25)11-14-3-2-4-15-13-23(10-9-18(14)15)19(24)12-22-28(26)17-7-5-16(21)6-8-17/h2-8,22H,9-13H2,1H3. The fraction of sp³-hybridized carbons (Fsp3) is 0.300.